The van der Waals surface area contributed by atoms with Gasteiger partial charge >= 0.3 is 0 Å². The van der Waals surface area contributed by atoms with Gasteiger partial charge in [0, 0.05) is 23.5 Å². The lowest BCUT2D eigenvalue weighted by molar-refractivity contribution is -0.0174. The van der Waals surface area contributed by atoms with Crippen LogP contribution in [0.2, 0.25) is 0 Å². The van der Waals surface area contributed by atoms with Crippen LogP contribution >= 0.6 is 11.3 Å². The zero-order chi connectivity index (χ0) is 13.0. The average molecular weight is 268 g/mol. The third-order valence-corrected chi connectivity index (χ3v) is 5.13. The highest BCUT2D eigenvalue weighted by Gasteiger charge is 2.40. The molecular weight excluding hydrogens is 244 g/mol. The molecule has 3 nitrogen and oxygen atoms in total. The predicted octanol–water partition coefficient (Wildman–Crippen LogP) is 2.70. The number of aliphatic hydroxyl groups is 1. The van der Waals surface area contributed by atoms with Crippen LogP contribution in [-0.2, 0) is 6.42 Å². The fourth-order valence-corrected chi connectivity index (χ4v) is 3.78. The largest absolute Gasteiger partial charge is 0.391 e. The molecule has 1 fully saturated rings. The second kappa shape index (κ2) is 6.13. The molecule has 1 unspecified atom stereocenters. The summed E-state index contributed by atoms with van der Waals surface area (Å²) in [7, 11) is 4.22. The molecule has 18 heavy (non-hydrogen) atoms. The van der Waals surface area contributed by atoms with Gasteiger partial charge in [0.05, 0.1) is 11.1 Å². The van der Waals surface area contributed by atoms with E-state index in [9.17, 15) is 5.11 Å². The molecule has 0 radical (unpaired) electrons. The van der Waals surface area contributed by atoms with Crippen molar-refractivity contribution in [2.45, 2.75) is 56.6 Å². The lowest BCUT2D eigenvalue weighted by atomic mass is 9.82. The van der Waals surface area contributed by atoms with E-state index in [4.69, 9.17) is 0 Å². The number of likely N-dealkylation sites (N-methyl/N-ethyl adjacent to an activating group) is 1. The molecule has 1 N–H and O–H groups in total. The second-order valence-corrected chi connectivity index (χ2v) is 6.54. The summed E-state index contributed by atoms with van der Waals surface area (Å²) < 4.78 is 0. The van der Waals surface area contributed by atoms with Crippen molar-refractivity contribution in [3.63, 3.8) is 0 Å². The van der Waals surface area contributed by atoms with Gasteiger partial charge in [-0.25, -0.2) is 4.98 Å². The minimum absolute atomic E-state index is 0.0534. The molecule has 0 saturated heterocycles. The van der Waals surface area contributed by atoms with Gasteiger partial charge in [0.25, 0.3) is 0 Å². The van der Waals surface area contributed by atoms with Crippen LogP contribution in [0.4, 0.5) is 0 Å². The molecular formula is C14H24N2OS. The quantitative estimate of drug-likeness (QED) is 0.853. The lowest BCUT2D eigenvalue weighted by Crippen LogP contribution is -2.54. The zero-order valence-corrected chi connectivity index (χ0v) is 12.2. The lowest BCUT2D eigenvalue weighted by Gasteiger charge is -2.43. The molecule has 0 bridgehead atoms. The highest BCUT2D eigenvalue weighted by atomic mass is 32.1. The van der Waals surface area contributed by atoms with Gasteiger partial charge in [-0.15, -0.1) is 11.3 Å². The Balaban J connectivity index is 2.12. The van der Waals surface area contributed by atoms with Gasteiger partial charge in [-0.2, -0.15) is 0 Å². The summed E-state index contributed by atoms with van der Waals surface area (Å²) in [5, 5.41) is 13.7. The number of aromatic nitrogens is 1. The molecule has 1 atom stereocenters. The minimum Gasteiger partial charge on any atom is -0.391 e. The van der Waals surface area contributed by atoms with Crippen molar-refractivity contribution < 1.29 is 5.11 Å². The first-order valence-corrected chi connectivity index (χ1v) is 7.77. The number of hydrogen-bond acceptors (Lipinski definition) is 4. The van der Waals surface area contributed by atoms with Crippen molar-refractivity contribution in [1.82, 2.24) is 9.88 Å². The van der Waals surface area contributed by atoms with Crippen molar-refractivity contribution in [1.29, 1.82) is 0 Å². The fraction of sp³-hybridized carbons (Fsp3) is 0.786. The molecule has 1 aromatic rings. The topological polar surface area (TPSA) is 36.4 Å². The highest BCUT2D eigenvalue weighted by molar-refractivity contribution is 7.09. The monoisotopic (exact) mass is 268 g/mol. The molecule has 2 rings (SSSR count). The number of thiazole rings is 1. The van der Waals surface area contributed by atoms with Crippen LogP contribution in [-0.4, -0.2) is 40.7 Å². The SMILES string of the molecule is CN(C)C1(C(O)Cc2nccs2)CCCCCC1. The number of hydrogen-bond donors (Lipinski definition) is 1. The Morgan fingerprint density at radius 3 is 2.50 bits per heavy atom. The van der Waals surface area contributed by atoms with E-state index in [0.29, 0.717) is 6.42 Å². The van der Waals surface area contributed by atoms with E-state index in [1.165, 1.54) is 25.7 Å². The van der Waals surface area contributed by atoms with Crippen molar-refractivity contribution in [2.24, 2.45) is 0 Å². The summed E-state index contributed by atoms with van der Waals surface area (Å²) in [4.78, 5) is 6.55. The van der Waals surface area contributed by atoms with Crippen LogP contribution in [0.1, 0.15) is 43.5 Å². The molecule has 1 saturated carbocycles. The summed E-state index contributed by atoms with van der Waals surface area (Å²) in [5.74, 6) is 0. The Labute approximate surface area is 114 Å². The maximum Gasteiger partial charge on any atom is 0.0951 e. The van der Waals surface area contributed by atoms with E-state index < -0.39 is 0 Å². The number of aliphatic hydroxyl groups excluding tert-OH is 1. The third kappa shape index (κ3) is 2.92. The predicted molar refractivity (Wildman–Crippen MR) is 75.9 cm³/mol. The van der Waals surface area contributed by atoms with Crippen LogP contribution < -0.4 is 0 Å². The van der Waals surface area contributed by atoms with Crippen LogP contribution in [0.25, 0.3) is 0 Å². The maximum atomic E-state index is 10.7. The van der Waals surface area contributed by atoms with Gasteiger partial charge in [-0.1, -0.05) is 25.7 Å². The van der Waals surface area contributed by atoms with Crippen molar-refractivity contribution in [3.8, 4) is 0 Å². The number of rotatable bonds is 4. The molecule has 0 amide bonds. The molecule has 0 aromatic carbocycles. The summed E-state index contributed by atoms with van der Waals surface area (Å²) in [6.07, 6.45) is 9.48. The molecule has 1 aliphatic rings. The van der Waals surface area contributed by atoms with Crippen molar-refractivity contribution in [3.05, 3.63) is 16.6 Å². The molecule has 0 aliphatic heterocycles. The highest BCUT2D eigenvalue weighted by Crippen LogP contribution is 2.35. The first-order valence-electron chi connectivity index (χ1n) is 6.89. The second-order valence-electron chi connectivity index (χ2n) is 5.56. The Morgan fingerprint density at radius 2 is 2.00 bits per heavy atom. The third-order valence-electron chi connectivity index (χ3n) is 4.33. The van der Waals surface area contributed by atoms with Gasteiger partial charge in [-0.3, -0.25) is 0 Å². The van der Waals surface area contributed by atoms with Crippen molar-refractivity contribution >= 4 is 11.3 Å². The van der Waals surface area contributed by atoms with E-state index >= 15 is 0 Å². The van der Waals surface area contributed by atoms with Crippen LogP contribution in [0.5, 0.6) is 0 Å². The Bertz CT molecular complexity index is 343. The molecule has 102 valence electrons. The van der Waals surface area contributed by atoms with E-state index in [1.807, 2.05) is 11.6 Å². The Morgan fingerprint density at radius 1 is 1.33 bits per heavy atom. The van der Waals surface area contributed by atoms with E-state index in [2.05, 4.69) is 24.0 Å². The van der Waals surface area contributed by atoms with Crippen LogP contribution in [0, 0.1) is 0 Å². The molecule has 4 heteroatoms. The van der Waals surface area contributed by atoms with Gasteiger partial charge in [-0.05, 0) is 26.9 Å². The summed E-state index contributed by atoms with van der Waals surface area (Å²) in [6.45, 7) is 0. The summed E-state index contributed by atoms with van der Waals surface area (Å²) in [6, 6.07) is 0. The average Bonchev–Trinajstić information content (AvgIpc) is 2.70. The zero-order valence-electron chi connectivity index (χ0n) is 11.4. The fourth-order valence-electron chi connectivity index (χ4n) is 3.13. The molecule has 0 spiro atoms. The van der Waals surface area contributed by atoms with Gasteiger partial charge in [0.1, 0.15) is 0 Å². The summed E-state index contributed by atoms with van der Waals surface area (Å²) in [5.41, 5.74) is -0.0534. The van der Waals surface area contributed by atoms with Crippen molar-refractivity contribution in [2.75, 3.05) is 14.1 Å². The smallest absolute Gasteiger partial charge is 0.0951 e. The van der Waals surface area contributed by atoms with Crippen LogP contribution in [0.15, 0.2) is 11.6 Å². The standard InChI is InChI=1S/C14H24N2OS/c1-16(2)14(7-5-3-4-6-8-14)12(17)11-13-15-9-10-18-13/h9-10,12,17H,3-8,11H2,1-2H3. The maximum absolute atomic E-state index is 10.7. The minimum atomic E-state index is -0.309. The van der Waals surface area contributed by atoms with Gasteiger partial charge in [0.15, 0.2) is 0 Å². The molecule has 1 aromatic heterocycles. The Hall–Kier alpha value is -0.450. The van der Waals surface area contributed by atoms with Gasteiger partial charge < -0.3 is 10.0 Å². The molecule has 1 aliphatic carbocycles. The van der Waals surface area contributed by atoms with Crippen LogP contribution in [0.3, 0.4) is 0 Å². The summed E-state index contributed by atoms with van der Waals surface area (Å²) >= 11 is 1.64. The normalized spacial score (nSPS) is 21.8. The van der Waals surface area contributed by atoms with E-state index in [-0.39, 0.29) is 11.6 Å². The Kier molecular flexibility index (Phi) is 4.76. The van der Waals surface area contributed by atoms with E-state index in [1.54, 1.807) is 11.3 Å². The molecule has 1 heterocycles. The van der Waals surface area contributed by atoms with E-state index in [0.717, 1.165) is 17.8 Å². The first kappa shape index (κ1) is 14.0. The first-order chi connectivity index (χ1) is 8.65. The number of nitrogens with zero attached hydrogens (tertiary/aromatic N) is 2. The van der Waals surface area contributed by atoms with Gasteiger partial charge in [0.2, 0.25) is 0 Å².